The maximum absolute atomic E-state index is 6.03. The molecule has 0 atom stereocenters. The minimum absolute atomic E-state index is 0.685. The van der Waals surface area contributed by atoms with Crippen LogP contribution >= 0.6 is 0 Å². The van der Waals surface area contributed by atoms with Gasteiger partial charge < -0.3 is 23.7 Å². The van der Waals surface area contributed by atoms with Crippen LogP contribution in [0.3, 0.4) is 0 Å². The van der Waals surface area contributed by atoms with Crippen molar-refractivity contribution in [2.24, 2.45) is 9.98 Å². The first-order valence-corrected chi connectivity index (χ1v) is 15.7. The number of rotatable bonds is 18. The van der Waals surface area contributed by atoms with Crippen LogP contribution in [0.25, 0.3) is 0 Å². The summed E-state index contributed by atoms with van der Waals surface area (Å²) in [5.41, 5.74) is 3.50. The van der Waals surface area contributed by atoms with E-state index in [4.69, 9.17) is 23.7 Å². The summed E-state index contributed by atoms with van der Waals surface area (Å²) < 4.78 is 28.8. The average molecular weight is 609 g/mol. The zero-order valence-electron chi connectivity index (χ0n) is 26.8. The van der Waals surface area contributed by atoms with Gasteiger partial charge in [0.2, 0.25) is 0 Å². The van der Waals surface area contributed by atoms with E-state index >= 15 is 0 Å². The minimum Gasteiger partial charge on any atom is -0.493 e. The van der Waals surface area contributed by atoms with Gasteiger partial charge in [-0.1, -0.05) is 39.5 Å². The Kier molecular flexibility index (Phi) is 13.3. The molecular formula is C38H44N2O5. The highest BCUT2D eigenvalue weighted by Crippen LogP contribution is 2.30. The molecule has 0 unspecified atom stereocenters. The van der Waals surface area contributed by atoms with Gasteiger partial charge in [-0.3, -0.25) is 9.98 Å². The van der Waals surface area contributed by atoms with Crippen molar-refractivity contribution in [3.05, 3.63) is 96.1 Å². The highest BCUT2D eigenvalue weighted by Gasteiger charge is 2.07. The van der Waals surface area contributed by atoms with E-state index in [0.717, 1.165) is 84.0 Å². The molecule has 0 aliphatic heterocycles. The van der Waals surface area contributed by atoms with Crippen LogP contribution in [0.4, 0.5) is 11.4 Å². The Labute approximate surface area is 267 Å². The molecule has 0 saturated carbocycles. The third kappa shape index (κ3) is 10.7. The molecule has 0 saturated heterocycles. The molecule has 236 valence electrons. The second kappa shape index (κ2) is 18.1. The number of methoxy groups -OCH3 is 2. The molecular weight excluding hydrogens is 564 g/mol. The Morgan fingerprint density at radius 1 is 0.511 bits per heavy atom. The van der Waals surface area contributed by atoms with Gasteiger partial charge in [0.1, 0.15) is 11.5 Å². The molecule has 0 aromatic heterocycles. The van der Waals surface area contributed by atoms with Crippen molar-refractivity contribution in [2.75, 3.05) is 27.4 Å². The summed E-state index contributed by atoms with van der Waals surface area (Å²) in [5, 5.41) is 0. The first-order chi connectivity index (χ1) is 22.1. The summed E-state index contributed by atoms with van der Waals surface area (Å²) in [6, 6.07) is 27.0. The van der Waals surface area contributed by atoms with E-state index in [9.17, 15) is 0 Å². The molecule has 0 bridgehead atoms. The summed E-state index contributed by atoms with van der Waals surface area (Å²) in [5.74, 6) is 4.35. The van der Waals surface area contributed by atoms with Gasteiger partial charge in [0.25, 0.3) is 0 Å². The predicted octanol–water partition coefficient (Wildman–Crippen LogP) is 10.1. The summed E-state index contributed by atoms with van der Waals surface area (Å²) in [6.07, 6.45) is 10.3. The topological polar surface area (TPSA) is 70.9 Å². The minimum atomic E-state index is 0.685. The molecule has 0 fully saturated rings. The van der Waals surface area contributed by atoms with E-state index in [1.165, 1.54) is 0 Å². The Morgan fingerprint density at radius 3 is 1.31 bits per heavy atom. The monoisotopic (exact) mass is 608 g/mol. The van der Waals surface area contributed by atoms with Gasteiger partial charge >= 0.3 is 0 Å². The zero-order chi connectivity index (χ0) is 31.7. The molecule has 4 aromatic carbocycles. The quantitative estimate of drug-likeness (QED) is 0.0830. The fraction of sp³-hybridized carbons (Fsp3) is 0.316. The molecule has 7 heteroatoms. The zero-order valence-corrected chi connectivity index (χ0v) is 26.8. The molecule has 0 heterocycles. The van der Waals surface area contributed by atoms with E-state index in [1.54, 1.807) is 14.2 Å². The third-order valence-electron chi connectivity index (χ3n) is 7.02. The Morgan fingerprint density at radius 2 is 0.933 bits per heavy atom. The lowest BCUT2D eigenvalue weighted by molar-refractivity contribution is 0.286. The average Bonchev–Trinajstić information content (AvgIpc) is 3.08. The van der Waals surface area contributed by atoms with E-state index in [0.29, 0.717) is 24.7 Å². The molecule has 0 spiro atoms. The molecule has 0 radical (unpaired) electrons. The van der Waals surface area contributed by atoms with Gasteiger partial charge in [-0.25, -0.2) is 0 Å². The van der Waals surface area contributed by atoms with Crippen LogP contribution in [0.2, 0.25) is 0 Å². The lowest BCUT2D eigenvalue weighted by atomic mass is 10.2. The normalized spacial score (nSPS) is 11.2. The van der Waals surface area contributed by atoms with Crippen molar-refractivity contribution in [3.63, 3.8) is 0 Å². The number of unbranched alkanes of at least 4 members (excludes halogenated alkanes) is 4. The molecule has 0 amide bonds. The molecule has 0 N–H and O–H groups in total. The Bertz CT molecular complexity index is 1400. The van der Waals surface area contributed by atoms with Gasteiger partial charge in [-0.15, -0.1) is 0 Å². The smallest absolute Gasteiger partial charge is 0.161 e. The van der Waals surface area contributed by atoms with Crippen molar-refractivity contribution < 1.29 is 23.7 Å². The largest absolute Gasteiger partial charge is 0.493 e. The SMILES string of the molecule is CCCCCOc1ccc(C=Nc2ccc(Oc3ccc(N=Cc4ccc(OCCCCC)c(OC)c4)cc3)cc2)cc1OC. The van der Waals surface area contributed by atoms with Gasteiger partial charge in [0.15, 0.2) is 23.0 Å². The van der Waals surface area contributed by atoms with Crippen molar-refractivity contribution in [2.45, 2.75) is 52.4 Å². The molecule has 4 rings (SSSR count). The number of aliphatic imine (C=N–C) groups is 2. The van der Waals surface area contributed by atoms with E-state index in [1.807, 2.05) is 97.4 Å². The first-order valence-electron chi connectivity index (χ1n) is 15.7. The highest BCUT2D eigenvalue weighted by atomic mass is 16.5. The van der Waals surface area contributed by atoms with Gasteiger partial charge in [-0.2, -0.15) is 0 Å². The molecule has 0 aliphatic carbocycles. The lowest BCUT2D eigenvalue weighted by Gasteiger charge is -2.11. The number of ether oxygens (including phenoxy) is 5. The Hall–Kier alpha value is -4.78. The fourth-order valence-electron chi connectivity index (χ4n) is 4.47. The summed E-state index contributed by atoms with van der Waals surface area (Å²) in [7, 11) is 3.30. The van der Waals surface area contributed by atoms with Crippen LogP contribution in [-0.2, 0) is 0 Å². The van der Waals surface area contributed by atoms with Crippen LogP contribution in [0.1, 0.15) is 63.5 Å². The fourth-order valence-corrected chi connectivity index (χ4v) is 4.47. The molecule has 0 aliphatic rings. The van der Waals surface area contributed by atoms with Crippen molar-refractivity contribution in [3.8, 4) is 34.5 Å². The number of hydrogen-bond acceptors (Lipinski definition) is 7. The van der Waals surface area contributed by atoms with Crippen molar-refractivity contribution in [1.82, 2.24) is 0 Å². The van der Waals surface area contributed by atoms with Crippen LogP contribution in [0.15, 0.2) is 94.9 Å². The third-order valence-corrected chi connectivity index (χ3v) is 7.02. The lowest BCUT2D eigenvalue weighted by Crippen LogP contribution is -1.99. The van der Waals surface area contributed by atoms with Gasteiger partial charge in [0.05, 0.1) is 38.8 Å². The standard InChI is InChI=1S/C38H44N2O5/c1-5-7-9-23-43-35-21-11-29(25-37(35)41-3)27-39-31-13-17-33(18-14-31)45-34-19-15-32(16-20-34)40-28-30-12-22-36(38(26-30)42-4)44-24-10-8-6-2/h11-22,25-28H,5-10,23-24H2,1-4H3. The van der Waals surface area contributed by atoms with Crippen molar-refractivity contribution >= 4 is 23.8 Å². The summed E-state index contributed by atoms with van der Waals surface area (Å²) in [4.78, 5) is 9.20. The maximum Gasteiger partial charge on any atom is 0.161 e. The van der Waals surface area contributed by atoms with Gasteiger partial charge in [-0.05, 0) is 109 Å². The second-order valence-electron chi connectivity index (χ2n) is 10.5. The molecule has 7 nitrogen and oxygen atoms in total. The highest BCUT2D eigenvalue weighted by molar-refractivity contribution is 5.84. The van der Waals surface area contributed by atoms with Crippen LogP contribution < -0.4 is 23.7 Å². The molecule has 45 heavy (non-hydrogen) atoms. The Balaban J connectivity index is 1.29. The first kappa shape index (κ1) is 33.1. The van der Waals surface area contributed by atoms with Gasteiger partial charge in [0, 0.05) is 12.4 Å². The summed E-state index contributed by atoms with van der Waals surface area (Å²) >= 11 is 0. The van der Waals surface area contributed by atoms with E-state index < -0.39 is 0 Å². The maximum atomic E-state index is 6.03. The van der Waals surface area contributed by atoms with Crippen LogP contribution in [-0.4, -0.2) is 39.9 Å². The van der Waals surface area contributed by atoms with Crippen molar-refractivity contribution in [1.29, 1.82) is 0 Å². The number of benzene rings is 4. The van der Waals surface area contributed by atoms with E-state index in [2.05, 4.69) is 23.8 Å². The van der Waals surface area contributed by atoms with Crippen LogP contribution in [0, 0.1) is 0 Å². The number of nitrogens with zero attached hydrogens (tertiary/aromatic N) is 2. The predicted molar refractivity (Wildman–Crippen MR) is 183 cm³/mol. The van der Waals surface area contributed by atoms with E-state index in [-0.39, 0.29) is 0 Å². The second-order valence-corrected chi connectivity index (χ2v) is 10.5. The van der Waals surface area contributed by atoms with Crippen LogP contribution in [0.5, 0.6) is 34.5 Å². The molecule has 4 aromatic rings. The summed E-state index contributed by atoms with van der Waals surface area (Å²) in [6.45, 7) is 5.73. The number of hydrogen-bond donors (Lipinski definition) is 0.